The van der Waals surface area contributed by atoms with Crippen molar-refractivity contribution in [1.82, 2.24) is 4.98 Å². The number of carbonyl (C=O) groups is 1. The van der Waals surface area contributed by atoms with E-state index in [2.05, 4.69) is 10.3 Å². The number of nitrogens with zero attached hydrogens (tertiary/aromatic N) is 2. The molecule has 1 rings (SSSR count). The molecule has 18 heavy (non-hydrogen) atoms. The number of pyridine rings is 1. The fourth-order valence-electron chi connectivity index (χ4n) is 1.53. The molecule has 0 fully saturated rings. The zero-order valence-electron chi connectivity index (χ0n) is 9.98. The minimum atomic E-state index is -0.850. The molecule has 1 heterocycles. The maximum Gasteiger partial charge on any atom is 0.308 e. The Labute approximate surface area is 110 Å². The van der Waals surface area contributed by atoms with Crippen molar-refractivity contribution >= 4 is 23.4 Å². The van der Waals surface area contributed by atoms with Crippen LogP contribution < -0.4 is 5.32 Å². The molecule has 6 heteroatoms. The lowest BCUT2D eigenvalue weighted by Gasteiger charge is -2.13. The molecular weight excluding hydrogens is 254 g/mol. The summed E-state index contributed by atoms with van der Waals surface area (Å²) in [5, 5.41) is 20.9. The third-order valence-corrected chi connectivity index (χ3v) is 2.89. The zero-order chi connectivity index (χ0) is 13.5. The van der Waals surface area contributed by atoms with Crippen molar-refractivity contribution in [1.29, 1.82) is 5.26 Å². The summed E-state index contributed by atoms with van der Waals surface area (Å²) in [7, 11) is 0. The summed E-state index contributed by atoms with van der Waals surface area (Å²) in [4.78, 5) is 15.0. The van der Waals surface area contributed by atoms with E-state index in [4.69, 9.17) is 22.0 Å². The summed E-state index contributed by atoms with van der Waals surface area (Å²) in [6.45, 7) is 2.17. The first kappa shape index (κ1) is 14.3. The van der Waals surface area contributed by atoms with Crippen LogP contribution in [-0.2, 0) is 4.79 Å². The van der Waals surface area contributed by atoms with Gasteiger partial charge < -0.3 is 10.4 Å². The Morgan fingerprint density at radius 2 is 2.44 bits per heavy atom. The SMILES string of the molecule is CCCC(CNc1nccc(C#N)c1Cl)C(=O)O. The van der Waals surface area contributed by atoms with Crippen LogP contribution in [0.2, 0.25) is 5.02 Å². The number of aliphatic carboxylic acids is 1. The van der Waals surface area contributed by atoms with Gasteiger partial charge in [0.15, 0.2) is 0 Å². The summed E-state index contributed by atoms with van der Waals surface area (Å²) in [5.41, 5.74) is 0.316. The van der Waals surface area contributed by atoms with Gasteiger partial charge in [-0.3, -0.25) is 4.79 Å². The Morgan fingerprint density at radius 1 is 1.72 bits per heavy atom. The van der Waals surface area contributed by atoms with E-state index < -0.39 is 11.9 Å². The van der Waals surface area contributed by atoms with Crippen LogP contribution in [0.25, 0.3) is 0 Å². The molecule has 0 amide bonds. The third kappa shape index (κ3) is 3.60. The summed E-state index contributed by atoms with van der Waals surface area (Å²) in [6.07, 6.45) is 2.83. The number of carboxylic acid groups (broad SMARTS) is 1. The molecule has 0 aliphatic heterocycles. The van der Waals surface area contributed by atoms with Gasteiger partial charge in [-0.05, 0) is 12.5 Å². The highest BCUT2D eigenvalue weighted by Gasteiger charge is 2.17. The maximum absolute atomic E-state index is 11.0. The summed E-state index contributed by atoms with van der Waals surface area (Å²) in [5.74, 6) is -0.992. The van der Waals surface area contributed by atoms with Crippen molar-refractivity contribution < 1.29 is 9.90 Å². The lowest BCUT2D eigenvalue weighted by molar-refractivity contribution is -0.141. The number of nitrogens with one attached hydrogen (secondary N) is 1. The van der Waals surface area contributed by atoms with Crippen molar-refractivity contribution in [2.24, 2.45) is 5.92 Å². The number of hydrogen-bond donors (Lipinski definition) is 2. The molecule has 5 nitrogen and oxygen atoms in total. The number of halogens is 1. The molecule has 0 saturated heterocycles. The Hall–Kier alpha value is -1.80. The van der Waals surface area contributed by atoms with Crippen molar-refractivity contribution in [2.45, 2.75) is 19.8 Å². The normalized spacial score (nSPS) is 11.6. The van der Waals surface area contributed by atoms with Crippen LogP contribution in [0.1, 0.15) is 25.3 Å². The Morgan fingerprint density at radius 3 is 3.00 bits per heavy atom. The monoisotopic (exact) mass is 267 g/mol. The van der Waals surface area contributed by atoms with Crippen molar-refractivity contribution in [3.05, 3.63) is 22.8 Å². The minimum absolute atomic E-state index is 0.223. The zero-order valence-corrected chi connectivity index (χ0v) is 10.7. The second-order valence-corrected chi connectivity index (χ2v) is 4.22. The molecular formula is C12H14ClN3O2. The van der Waals surface area contributed by atoms with E-state index in [0.29, 0.717) is 17.8 Å². The van der Waals surface area contributed by atoms with E-state index in [1.54, 1.807) is 0 Å². The second kappa shape index (κ2) is 6.82. The molecule has 1 aromatic rings. The summed E-state index contributed by atoms with van der Waals surface area (Å²) < 4.78 is 0. The molecule has 1 aromatic heterocycles. The van der Waals surface area contributed by atoms with E-state index in [1.807, 2.05) is 13.0 Å². The highest BCUT2D eigenvalue weighted by atomic mass is 35.5. The van der Waals surface area contributed by atoms with Crippen molar-refractivity contribution in [3.8, 4) is 6.07 Å². The molecule has 2 N–H and O–H groups in total. The molecule has 1 atom stereocenters. The number of hydrogen-bond acceptors (Lipinski definition) is 4. The fourth-order valence-corrected chi connectivity index (χ4v) is 1.76. The topological polar surface area (TPSA) is 86.0 Å². The van der Waals surface area contributed by atoms with Gasteiger partial charge in [-0.25, -0.2) is 4.98 Å². The van der Waals surface area contributed by atoms with E-state index in [9.17, 15) is 4.79 Å². The van der Waals surface area contributed by atoms with Crippen LogP contribution in [0.4, 0.5) is 5.82 Å². The van der Waals surface area contributed by atoms with Gasteiger partial charge in [-0.2, -0.15) is 5.26 Å². The molecule has 0 spiro atoms. The third-order valence-electron chi connectivity index (χ3n) is 2.51. The largest absolute Gasteiger partial charge is 0.481 e. The lowest BCUT2D eigenvalue weighted by Crippen LogP contribution is -2.23. The highest BCUT2D eigenvalue weighted by Crippen LogP contribution is 2.23. The first-order chi connectivity index (χ1) is 8.60. The molecule has 0 aromatic carbocycles. The summed E-state index contributed by atoms with van der Waals surface area (Å²) in [6, 6.07) is 3.45. The van der Waals surface area contributed by atoms with Gasteiger partial charge in [-0.1, -0.05) is 24.9 Å². The van der Waals surface area contributed by atoms with Gasteiger partial charge >= 0.3 is 5.97 Å². The average molecular weight is 268 g/mol. The van der Waals surface area contributed by atoms with Crippen LogP contribution in [0, 0.1) is 17.2 Å². The van der Waals surface area contributed by atoms with Crippen molar-refractivity contribution in [2.75, 3.05) is 11.9 Å². The molecule has 96 valence electrons. The maximum atomic E-state index is 11.0. The number of carboxylic acids is 1. The van der Waals surface area contributed by atoms with Crippen LogP contribution in [-0.4, -0.2) is 22.6 Å². The quantitative estimate of drug-likeness (QED) is 0.827. The molecule has 0 aliphatic rings. The van der Waals surface area contributed by atoms with Gasteiger partial charge in [0.25, 0.3) is 0 Å². The number of rotatable bonds is 6. The first-order valence-electron chi connectivity index (χ1n) is 5.61. The van der Waals surface area contributed by atoms with Crippen LogP contribution >= 0.6 is 11.6 Å². The molecule has 0 aliphatic carbocycles. The Kier molecular flexibility index (Phi) is 5.40. The van der Waals surface area contributed by atoms with Crippen LogP contribution in [0.5, 0.6) is 0 Å². The number of aromatic nitrogens is 1. The van der Waals surface area contributed by atoms with Gasteiger partial charge in [0.2, 0.25) is 0 Å². The molecule has 0 bridgehead atoms. The van der Waals surface area contributed by atoms with E-state index in [0.717, 1.165) is 6.42 Å². The molecule has 1 unspecified atom stereocenters. The van der Waals surface area contributed by atoms with Gasteiger partial charge in [-0.15, -0.1) is 0 Å². The van der Waals surface area contributed by atoms with E-state index >= 15 is 0 Å². The van der Waals surface area contributed by atoms with Crippen LogP contribution in [0.3, 0.4) is 0 Å². The Balaban J connectivity index is 2.74. The molecule has 0 radical (unpaired) electrons. The van der Waals surface area contributed by atoms with E-state index in [-0.39, 0.29) is 11.6 Å². The van der Waals surface area contributed by atoms with Gasteiger partial charge in [0.1, 0.15) is 16.9 Å². The molecule has 0 saturated carbocycles. The van der Waals surface area contributed by atoms with Gasteiger partial charge in [0.05, 0.1) is 11.5 Å². The second-order valence-electron chi connectivity index (χ2n) is 3.84. The van der Waals surface area contributed by atoms with Crippen molar-refractivity contribution in [3.63, 3.8) is 0 Å². The smallest absolute Gasteiger partial charge is 0.308 e. The first-order valence-corrected chi connectivity index (χ1v) is 5.99. The fraction of sp³-hybridized carbons (Fsp3) is 0.417. The Bertz CT molecular complexity index is 471. The predicted octanol–water partition coefficient (Wildman–Crippen LogP) is 2.52. The lowest BCUT2D eigenvalue weighted by atomic mass is 10.0. The van der Waals surface area contributed by atoms with Crippen LogP contribution in [0.15, 0.2) is 12.3 Å². The highest BCUT2D eigenvalue weighted by molar-refractivity contribution is 6.34. The number of nitriles is 1. The van der Waals surface area contributed by atoms with Gasteiger partial charge in [0, 0.05) is 12.7 Å². The average Bonchev–Trinajstić information content (AvgIpc) is 2.35. The summed E-state index contributed by atoms with van der Waals surface area (Å²) >= 11 is 5.95. The standard InChI is InChI=1S/C12H14ClN3O2/c1-2-3-9(12(17)18)7-16-11-10(13)8(6-14)4-5-15-11/h4-5,9H,2-3,7H2,1H3,(H,15,16)(H,17,18). The predicted molar refractivity (Wildman–Crippen MR) is 68.5 cm³/mol. The minimum Gasteiger partial charge on any atom is -0.481 e. The van der Waals surface area contributed by atoms with E-state index in [1.165, 1.54) is 12.3 Å². The number of anilines is 1.